The molecule has 0 saturated heterocycles. The molecule has 1 amide bonds. The van der Waals surface area contributed by atoms with Gasteiger partial charge in [0.15, 0.2) is 0 Å². The van der Waals surface area contributed by atoms with Crippen molar-refractivity contribution in [3.63, 3.8) is 0 Å². The summed E-state index contributed by atoms with van der Waals surface area (Å²) in [5, 5.41) is 2.93. The largest absolute Gasteiger partial charge is 0.490 e. The number of carbonyl (C=O) groups is 2. The summed E-state index contributed by atoms with van der Waals surface area (Å²) < 4.78 is 16.6. The Morgan fingerprint density at radius 3 is 2.26 bits per heavy atom. The van der Waals surface area contributed by atoms with E-state index in [0.717, 1.165) is 37.0 Å². The van der Waals surface area contributed by atoms with Gasteiger partial charge in [0.1, 0.15) is 12.4 Å². The molecule has 0 aliphatic heterocycles. The average Bonchev–Trinajstić information content (AvgIpc) is 2.78. The van der Waals surface area contributed by atoms with Gasteiger partial charge in [0.2, 0.25) is 0 Å². The van der Waals surface area contributed by atoms with Gasteiger partial charge in [-0.25, -0.2) is 9.59 Å². The van der Waals surface area contributed by atoms with Crippen LogP contribution in [0.2, 0.25) is 0 Å². The highest BCUT2D eigenvalue weighted by atomic mass is 16.5. The Balaban J connectivity index is 1.39. The fourth-order valence-electron chi connectivity index (χ4n) is 3.44. The molecule has 6 heteroatoms. The van der Waals surface area contributed by atoms with Crippen LogP contribution in [0.4, 0.5) is 4.79 Å². The Hall–Kier alpha value is -3.02. The first-order valence-corrected chi connectivity index (χ1v) is 10.9. The lowest BCUT2D eigenvalue weighted by molar-refractivity contribution is 0.0472. The molecule has 6 nitrogen and oxygen atoms in total. The van der Waals surface area contributed by atoms with Crippen LogP contribution in [-0.2, 0) is 16.1 Å². The Morgan fingerprint density at radius 1 is 0.935 bits per heavy atom. The van der Waals surface area contributed by atoms with Crippen molar-refractivity contribution < 1.29 is 23.8 Å². The van der Waals surface area contributed by atoms with Gasteiger partial charge in [0.05, 0.1) is 18.3 Å². The van der Waals surface area contributed by atoms with E-state index in [1.165, 1.54) is 0 Å². The first kappa shape index (κ1) is 22.7. The van der Waals surface area contributed by atoms with Gasteiger partial charge in [0, 0.05) is 6.04 Å². The summed E-state index contributed by atoms with van der Waals surface area (Å²) in [5.74, 6) is 0.700. The number of alkyl carbamates (subject to hydrolysis) is 1. The van der Waals surface area contributed by atoms with E-state index in [4.69, 9.17) is 14.2 Å². The molecule has 1 saturated carbocycles. The molecule has 1 aliphatic rings. The minimum absolute atomic E-state index is 0.0978. The summed E-state index contributed by atoms with van der Waals surface area (Å²) in [6.07, 6.45) is 3.18. The van der Waals surface area contributed by atoms with Crippen LogP contribution < -0.4 is 10.1 Å². The molecule has 0 spiro atoms. The second kappa shape index (κ2) is 11.4. The highest BCUT2D eigenvalue weighted by molar-refractivity contribution is 5.89. The molecule has 31 heavy (non-hydrogen) atoms. The number of esters is 1. The van der Waals surface area contributed by atoms with Crippen molar-refractivity contribution in [1.29, 1.82) is 0 Å². The molecule has 0 aromatic heterocycles. The topological polar surface area (TPSA) is 73.9 Å². The number of rotatable bonds is 8. The van der Waals surface area contributed by atoms with Crippen LogP contribution in [0.15, 0.2) is 54.6 Å². The monoisotopic (exact) mass is 425 g/mol. The Morgan fingerprint density at radius 2 is 1.61 bits per heavy atom. The molecular formula is C25H31NO5. The van der Waals surface area contributed by atoms with Gasteiger partial charge in [-0.3, -0.25) is 0 Å². The number of benzene rings is 2. The molecular weight excluding hydrogens is 394 g/mol. The zero-order chi connectivity index (χ0) is 22.1. The molecule has 1 fully saturated rings. The second-order valence-corrected chi connectivity index (χ2v) is 8.31. The summed E-state index contributed by atoms with van der Waals surface area (Å²) in [6.45, 7) is 4.70. The Labute approximate surface area is 183 Å². The Bertz CT molecular complexity index is 827. The van der Waals surface area contributed by atoms with Crippen LogP contribution in [0.3, 0.4) is 0 Å². The summed E-state index contributed by atoms with van der Waals surface area (Å²) >= 11 is 0. The summed E-state index contributed by atoms with van der Waals surface area (Å²) in [6, 6.07) is 16.8. The standard InChI is InChI=1S/C25H31NO5/c1-18(2)16-30-25(28)26-21-10-14-23(15-11-21)31-22-12-8-20(9-13-22)24(27)29-17-19-6-4-3-5-7-19/h3-9,12-13,18,21,23H,10-11,14-17H2,1-2H3,(H,26,28). The van der Waals surface area contributed by atoms with E-state index in [-0.39, 0.29) is 30.8 Å². The smallest absolute Gasteiger partial charge is 0.407 e. The number of carbonyl (C=O) groups excluding carboxylic acids is 2. The van der Waals surface area contributed by atoms with Crippen LogP contribution >= 0.6 is 0 Å². The lowest BCUT2D eigenvalue weighted by Gasteiger charge is -2.29. The summed E-state index contributed by atoms with van der Waals surface area (Å²) in [4.78, 5) is 24.0. The van der Waals surface area contributed by atoms with Crippen molar-refractivity contribution in [3.8, 4) is 5.75 Å². The molecule has 2 aromatic rings. The zero-order valence-corrected chi connectivity index (χ0v) is 18.2. The number of hydrogen-bond donors (Lipinski definition) is 1. The quantitative estimate of drug-likeness (QED) is 0.595. The third-order valence-electron chi connectivity index (χ3n) is 5.15. The molecule has 0 heterocycles. The van der Waals surface area contributed by atoms with E-state index in [1.807, 2.05) is 44.2 Å². The lowest BCUT2D eigenvalue weighted by Crippen LogP contribution is -2.40. The highest BCUT2D eigenvalue weighted by Gasteiger charge is 2.24. The second-order valence-electron chi connectivity index (χ2n) is 8.31. The minimum Gasteiger partial charge on any atom is -0.490 e. The predicted molar refractivity (Wildman–Crippen MR) is 118 cm³/mol. The van der Waals surface area contributed by atoms with Crippen molar-refractivity contribution in [2.45, 2.75) is 58.3 Å². The maximum absolute atomic E-state index is 12.2. The number of nitrogens with one attached hydrogen (secondary N) is 1. The van der Waals surface area contributed by atoms with Crippen molar-refractivity contribution in [3.05, 3.63) is 65.7 Å². The zero-order valence-electron chi connectivity index (χ0n) is 18.2. The van der Waals surface area contributed by atoms with Crippen LogP contribution in [0, 0.1) is 5.92 Å². The van der Waals surface area contributed by atoms with E-state index < -0.39 is 0 Å². The third kappa shape index (κ3) is 7.63. The van der Waals surface area contributed by atoms with Crippen molar-refractivity contribution in [1.82, 2.24) is 5.32 Å². The van der Waals surface area contributed by atoms with E-state index in [2.05, 4.69) is 5.32 Å². The Kier molecular flexibility index (Phi) is 8.33. The minimum atomic E-state index is -0.355. The third-order valence-corrected chi connectivity index (χ3v) is 5.15. The van der Waals surface area contributed by atoms with E-state index >= 15 is 0 Å². The fraction of sp³-hybridized carbons (Fsp3) is 0.440. The summed E-state index contributed by atoms with van der Waals surface area (Å²) in [7, 11) is 0. The molecule has 166 valence electrons. The van der Waals surface area contributed by atoms with Gasteiger partial charge in [0.25, 0.3) is 0 Å². The highest BCUT2D eigenvalue weighted by Crippen LogP contribution is 2.24. The normalized spacial score (nSPS) is 18.3. The first-order chi connectivity index (χ1) is 15.0. The average molecular weight is 426 g/mol. The van der Waals surface area contributed by atoms with Gasteiger partial charge in [-0.1, -0.05) is 44.2 Å². The predicted octanol–water partition coefficient (Wildman–Crippen LogP) is 5.12. The molecule has 1 N–H and O–H groups in total. The van der Waals surface area contributed by atoms with Gasteiger partial charge in [-0.05, 0) is 61.4 Å². The van der Waals surface area contributed by atoms with Crippen LogP contribution in [-0.4, -0.2) is 30.8 Å². The lowest BCUT2D eigenvalue weighted by atomic mass is 9.93. The van der Waals surface area contributed by atoms with Crippen molar-refractivity contribution >= 4 is 12.1 Å². The molecule has 3 rings (SSSR count). The van der Waals surface area contributed by atoms with E-state index in [1.54, 1.807) is 24.3 Å². The van der Waals surface area contributed by atoms with E-state index in [0.29, 0.717) is 18.1 Å². The van der Waals surface area contributed by atoms with Crippen LogP contribution in [0.1, 0.15) is 55.5 Å². The van der Waals surface area contributed by atoms with Crippen LogP contribution in [0.5, 0.6) is 5.75 Å². The van der Waals surface area contributed by atoms with Crippen molar-refractivity contribution in [2.24, 2.45) is 5.92 Å². The molecule has 2 aromatic carbocycles. The number of amides is 1. The van der Waals surface area contributed by atoms with Gasteiger partial charge < -0.3 is 19.5 Å². The molecule has 0 atom stereocenters. The molecule has 0 bridgehead atoms. The van der Waals surface area contributed by atoms with E-state index in [9.17, 15) is 9.59 Å². The molecule has 1 aliphatic carbocycles. The molecule has 0 unspecified atom stereocenters. The number of hydrogen-bond acceptors (Lipinski definition) is 5. The van der Waals surface area contributed by atoms with Gasteiger partial charge in [-0.15, -0.1) is 0 Å². The van der Waals surface area contributed by atoms with Gasteiger partial charge in [-0.2, -0.15) is 0 Å². The molecule has 0 radical (unpaired) electrons. The SMILES string of the molecule is CC(C)COC(=O)NC1CCC(Oc2ccc(C(=O)OCc3ccccc3)cc2)CC1. The number of ether oxygens (including phenoxy) is 3. The van der Waals surface area contributed by atoms with Crippen molar-refractivity contribution in [2.75, 3.05) is 6.61 Å². The maximum atomic E-state index is 12.2. The maximum Gasteiger partial charge on any atom is 0.407 e. The fourth-order valence-corrected chi connectivity index (χ4v) is 3.44. The summed E-state index contributed by atoms with van der Waals surface area (Å²) in [5.41, 5.74) is 1.45. The first-order valence-electron chi connectivity index (χ1n) is 10.9. The van der Waals surface area contributed by atoms with Gasteiger partial charge >= 0.3 is 12.1 Å². The van der Waals surface area contributed by atoms with Crippen LogP contribution in [0.25, 0.3) is 0 Å².